The average molecular weight is 683 g/mol. The average Bonchev–Trinajstić information content (AvgIpc) is 3.47. The molecule has 9 heteroatoms. The summed E-state index contributed by atoms with van der Waals surface area (Å²) in [6, 6.07) is 36.0. The number of rotatable bonds is 10. The summed E-state index contributed by atoms with van der Waals surface area (Å²) >= 11 is 1.25. The molecule has 5 aromatic carbocycles. The topological polar surface area (TPSA) is 88.4 Å². The number of esters is 1. The Kier molecular flexibility index (Phi) is 9.31. The first-order valence-electron chi connectivity index (χ1n) is 16.2. The number of hydrogen-bond donors (Lipinski definition) is 0. The smallest absolute Gasteiger partial charge is 0.338 e. The van der Waals surface area contributed by atoms with E-state index in [9.17, 15) is 9.59 Å². The summed E-state index contributed by atoms with van der Waals surface area (Å²) in [6.07, 6.45) is 1.82. The third kappa shape index (κ3) is 6.19. The molecule has 2 heterocycles. The third-order valence-corrected chi connectivity index (χ3v) is 9.55. The standard InChI is InChI=1S/C41H34N2O6S/c1-4-48-40(45)36-37(27-14-6-5-7-15-27)42-41-43(38(36)29-21-22-33(46-2)34(23-29)47-3)39(44)35(50-41)24-28-16-9-11-20-32(28)49-25-30-18-12-17-26-13-8-10-19-31(26)30/h5-24,38H,4,25H2,1-3H3/b35-24+/t38-/m0/s1. The van der Waals surface area contributed by atoms with Crippen LogP contribution in [-0.4, -0.2) is 31.4 Å². The second-order valence-corrected chi connectivity index (χ2v) is 12.5. The highest BCUT2D eigenvalue weighted by molar-refractivity contribution is 7.07. The first-order chi connectivity index (χ1) is 24.5. The van der Waals surface area contributed by atoms with E-state index in [1.165, 1.54) is 11.3 Å². The fourth-order valence-corrected chi connectivity index (χ4v) is 7.22. The number of methoxy groups -OCH3 is 2. The number of carbonyl (C=O) groups is 1. The van der Waals surface area contributed by atoms with Gasteiger partial charge < -0.3 is 18.9 Å². The van der Waals surface area contributed by atoms with Crippen LogP contribution in [0.25, 0.3) is 22.5 Å². The van der Waals surface area contributed by atoms with E-state index in [-0.39, 0.29) is 17.7 Å². The lowest BCUT2D eigenvalue weighted by molar-refractivity contribution is -0.138. The first kappa shape index (κ1) is 32.6. The lowest BCUT2D eigenvalue weighted by atomic mass is 9.93. The fraction of sp³-hybridized carbons (Fsp3) is 0.146. The zero-order valence-corrected chi connectivity index (χ0v) is 28.6. The highest BCUT2D eigenvalue weighted by Gasteiger charge is 2.35. The van der Waals surface area contributed by atoms with E-state index >= 15 is 0 Å². The number of benzene rings is 5. The van der Waals surface area contributed by atoms with Crippen LogP contribution < -0.4 is 29.1 Å². The Morgan fingerprint density at radius 3 is 2.38 bits per heavy atom. The van der Waals surface area contributed by atoms with Gasteiger partial charge in [0, 0.05) is 11.1 Å². The Morgan fingerprint density at radius 2 is 1.58 bits per heavy atom. The van der Waals surface area contributed by atoms with Gasteiger partial charge in [-0.15, -0.1) is 0 Å². The van der Waals surface area contributed by atoms with Gasteiger partial charge >= 0.3 is 5.97 Å². The molecule has 7 rings (SSSR count). The Balaban J connectivity index is 1.39. The van der Waals surface area contributed by atoms with Crippen molar-refractivity contribution in [1.29, 1.82) is 0 Å². The van der Waals surface area contributed by atoms with E-state index in [1.807, 2.05) is 84.9 Å². The van der Waals surface area contributed by atoms with Gasteiger partial charge in [-0.2, -0.15) is 0 Å². The van der Waals surface area contributed by atoms with Crippen LogP contribution in [0.5, 0.6) is 17.2 Å². The number of hydrogen-bond acceptors (Lipinski definition) is 8. The van der Waals surface area contributed by atoms with Gasteiger partial charge in [0.2, 0.25) is 0 Å². The second-order valence-electron chi connectivity index (χ2n) is 11.5. The molecule has 0 saturated heterocycles. The molecule has 1 aliphatic heterocycles. The molecule has 0 saturated carbocycles. The van der Waals surface area contributed by atoms with E-state index in [4.69, 9.17) is 23.9 Å². The second kappa shape index (κ2) is 14.3. The Labute approximate surface area is 292 Å². The van der Waals surface area contributed by atoms with Crippen LogP contribution in [0.15, 0.2) is 131 Å². The number of fused-ring (bicyclic) bond motifs is 2. The number of aromatic nitrogens is 1. The highest BCUT2D eigenvalue weighted by Crippen LogP contribution is 2.38. The monoisotopic (exact) mass is 682 g/mol. The van der Waals surface area contributed by atoms with E-state index in [0.717, 1.165) is 27.5 Å². The predicted molar refractivity (Wildman–Crippen MR) is 195 cm³/mol. The number of nitrogens with zero attached hydrogens (tertiary/aromatic N) is 2. The minimum atomic E-state index is -0.861. The van der Waals surface area contributed by atoms with Crippen LogP contribution in [0, 0.1) is 0 Å². The number of carbonyl (C=O) groups excluding carboxylic acids is 1. The van der Waals surface area contributed by atoms with Crippen molar-refractivity contribution in [2.75, 3.05) is 20.8 Å². The summed E-state index contributed by atoms with van der Waals surface area (Å²) in [7, 11) is 3.10. The number of ether oxygens (including phenoxy) is 4. The quantitative estimate of drug-likeness (QED) is 0.150. The van der Waals surface area contributed by atoms with Gasteiger partial charge in [-0.05, 0) is 53.1 Å². The first-order valence-corrected chi connectivity index (χ1v) is 17.0. The van der Waals surface area contributed by atoms with Gasteiger partial charge in [-0.25, -0.2) is 9.79 Å². The van der Waals surface area contributed by atoms with Crippen LogP contribution in [0.3, 0.4) is 0 Å². The molecule has 0 aliphatic carbocycles. The van der Waals surface area contributed by atoms with Crippen molar-refractivity contribution in [3.8, 4) is 17.2 Å². The summed E-state index contributed by atoms with van der Waals surface area (Å²) in [6.45, 7) is 2.26. The molecule has 0 N–H and O–H groups in total. The van der Waals surface area contributed by atoms with Gasteiger partial charge in [0.1, 0.15) is 12.4 Å². The summed E-state index contributed by atoms with van der Waals surface area (Å²) in [5.41, 5.74) is 3.57. The van der Waals surface area contributed by atoms with Crippen molar-refractivity contribution in [3.63, 3.8) is 0 Å². The lowest BCUT2D eigenvalue weighted by Gasteiger charge is -2.26. The van der Waals surface area contributed by atoms with E-state index in [1.54, 1.807) is 37.8 Å². The maximum Gasteiger partial charge on any atom is 0.338 e. The van der Waals surface area contributed by atoms with Crippen LogP contribution in [-0.2, 0) is 16.1 Å². The van der Waals surface area contributed by atoms with Gasteiger partial charge in [0.25, 0.3) is 5.56 Å². The van der Waals surface area contributed by atoms with Gasteiger partial charge in [-0.1, -0.05) is 108 Å². The summed E-state index contributed by atoms with van der Waals surface area (Å²) in [5.74, 6) is 1.07. The normalized spacial score (nSPS) is 14.2. The summed E-state index contributed by atoms with van der Waals surface area (Å²) in [4.78, 5) is 33.7. The molecule has 0 fully saturated rings. The lowest BCUT2D eigenvalue weighted by Crippen LogP contribution is -2.40. The molecular weight excluding hydrogens is 649 g/mol. The molecule has 0 unspecified atom stereocenters. The molecule has 8 nitrogen and oxygen atoms in total. The molecule has 1 aromatic heterocycles. The maximum absolute atomic E-state index is 14.5. The minimum Gasteiger partial charge on any atom is -0.493 e. The predicted octanol–water partition coefficient (Wildman–Crippen LogP) is 6.69. The number of para-hydroxylation sites is 1. The van der Waals surface area contributed by atoms with Crippen molar-refractivity contribution < 1.29 is 23.7 Å². The zero-order chi connectivity index (χ0) is 34.6. The molecule has 0 amide bonds. The molecular formula is C41H34N2O6S. The third-order valence-electron chi connectivity index (χ3n) is 8.57. The number of thiazole rings is 1. The van der Waals surface area contributed by atoms with Crippen molar-refractivity contribution >= 4 is 39.9 Å². The van der Waals surface area contributed by atoms with Crippen molar-refractivity contribution in [3.05, 3.63) is 163 Å². The van der Waals surface area contributed by atoms with Crippen molar-refractivity contribution in [2.24, 2.45) is 4.99 Å². The fourth-order valence-electron chi connectivity index (χ4n) is 6.22. The molecule has 50 heavy (non-hydrogen) atoms. The molecule has 0 radical (unpaired) electrons. The highest BCUT2D eigenvalue weighted by atomic mass is 32.1. The molecule has 0 bridgehead atoms. The Bertz CT molecular complexity index is 2420. The SMILES string of the molecule is CCOC(=O)C1=C(c2ccccc2)N=c2s/c(=C/c3ccccc3OCc3cccc4ccccc34)c(=O)n2[C@H]1c1ccc(OC)c(OC)c1. The summed E-state index contributed by atoms with van der Waals surface area (Å²) < 4.78 is 25.1. The van der Waals surface area contributed by atoms with E-state index < -0.39 is 12.0 Å². The molecule has 250 valence electrons. The summed E-state index contributed by atoms with van der Waals surface area (Å²) in [5, 5.41) is 2.27. The van der Waals surface area contributed by atoms with E-state index in [2.05, 4.69) is 24.3 Å². The van der Waals surface area contributed by atoms with Gasteiger partial charge in [0.05, 0.1) is 42.7 Å². The van der Waals surface area contributed by atoms with Gasteiger partial charge in [-0.3, -0.25) is 9.36 Å². The molecule has 1 aliphatic rings. The largest absolute Gasteiger partial charge is 0.493 e. The van der Waals surface area contributed by atoms with Gasteiger partial charge in [0.15, 0.2) is 16.3 Å². The van der Waals surface area contributed by atoms with Crippen LogP contribution >= 0.6 is 11.3 Å². The van der Waals surface area contributed by atoms with Crippen molar-refractivity contribution in [2.45, 2.75) is 19.6 Å². The minimum absolute atomic E-state index is 0.156. The Hall–Kier alpha value is -5.93. The molecule has 6 aromatic rings. The maximum atomic E-state index is 14.5. The van der Waals surface area contributed by atoms with Crippen LogP contribution in [0.1, 0.15) is 35.2 Å². The molecule has 1 atom stereocenters. The van der Waals surface area contributed by atoms with Crippen LogP contribution in [0.2, 0.25) is 0 Å². The molecule has 0 spiro atoms. The zero-order valence-electron chi connectivity index (χ0n) is 27.8. The van der Waals surface area contributed by atoms with E-state index in [0.29, 0.717) is 44.4 Å². The van der Waals surface area contributed by atoms with Crippen LogP contribution in [0.4, 0.5) is 0 Å². The Morgan fingerprint density at radius 1 is 0.840 bits per heavy atom. The van der Waals surface area contributed by atoms with Crippen molar-refractivity contribution in [1.82, 2.24) is 4.57 Å².